The van der Waals surface area contributed by atoms with E-state index < -0.39 is 0 Å². The van der Waals surface area contributed by atoms with Crippen molar-refractivity contribution in [2.45, 2.75) is 25.7 Å². The number of hydrogen-bond acceptors (Lipinski definition) is 4. The molecule has 1 saturated carbocycles. The first-order chi connectivity index (χ1) is 12.5. The molecule has 0 bridgehead atoms. The molecule has 0 saturated heterocycles. The first-order valence-electron chi connectivity index (χ1n) is 8.61. The summed E-state index contributed by atoms with van der Waals surface area (Å²) in [7, 11) is 3.20. The van der Waals surface area contributed by atoms with Crippen LogP contribution in [-0.2, 0) is 10.2 Å². The lowest BCUT2D eigenvalue weighted by Gasteiger charge is -2.12. The Morgan fingerprint density at radius 1 is 1.15 bits per heavy atom. The van der Waals surface area contributed by atoms with E-state index >= 15 is 0 Å². The molecule has 1 fully saturated rings. The summed E-state index contributed by atoms with van der Waals surface area (Å²) in [5, 5.41) is 4.28. The van der Waals surface area contributed by atoms with Crippen LogP contribution >= 0.6 is 0 Å². The van der Waals surface area contributed by atoms with Crippen LogP contribution in [-0.4, -0.2) is 25.8 Å². The number of hydrogen-bond donors (Lipinski definition) is 1. The number of carbonyl (C=O) groups is 1. The number of nitrogens with zero attached hydrogens (tertiary/aromatic N) is 1. The number of amides is 1. The van der Waals surface area contributed by atoms with E-state index in [0.29, 0.717) is 17.2 Å². The van der Waals surface area contributed by atoms with Crippen LogP contribution in [0, 0.1) is 5.92 Å². The predicted octanol–water partition coefficient (Wildman–Crippen LogP) is 3.52. The molecule has 1 amide bonds. The number of benzene rings is 2. The van der Waals surface area contributed by atoms with Crippen molar-refractivity contribution in [1.29, 1.82) is 0 Å². The van der Waals surface area contributed by atoms with Gasteiger partial charge in [0.25, 0.3) is 0 Å². The molecule has 0 spiro atoms. The number of nitrogens with one attached hydrogen (secondary N) is 1. The van der Waals surface area contributed by atoms with Crippen molar-refractivity contribution in [3.05, 3.63) is 59.7 Å². The first kappa shape index (κ1) is 18.0. The van der Waals surface area contributed by atoms with Crippen molar-refractivity contribution < 1.29 is 14.3 Å². The van der Waals surface area contributed by atoms with E-state index in [1.807, 2.05) is 37.3 Å². The van der Waals surface area contributed by atoms with Gasteiger partial charge >= 0.3 is 0 Å². The van der Waals surface area contributed by atoms with Gasteiger partial charge in [0.1, 0.15) is 11.5 Å². The van der Waals surface area contributed by atoms with Gasteiger partial charge in [0.05, 0.1) is 25.8 Å². The Hall–Kier alpha value is -2.82. The van der Waals surface area contributed by atoms with Crippen LogP contribution in [0.5, 0.6) is 11.5 Å². The molecule has 2 aromatic carbocycles. The van der Waals surface area contributed by atoms with Gasteiger partial charge in [0.15, 0.2) is 0 Å². The third kappa shape index (κ3) is 3.43. The van der Waals surface area contributed by atoms with Gasteiger partial charge < -0.3 is 9.47 Å². The fourth-order valence-electron chi connectivity index (χ4n) is 3.26. The third-order valence-electron chi connectivity index (χ3n) is 5.12. The molecule has 0 heterocycles. The SMILES string of the molecule is COc1ccc(/C(C)=N\NC(=O)[C@H]2C[C@@]2(C)c2ccccc2)c(OC)c1. The average Bonchev–Trinajstić information content (AvgIpc) is 3.39. The lowest BCUT2D eigenvalue weighted by molar-refractivity contribution is -0.122. The Morgan fingerprint density at radius 2 is 1.88 bits per heavy atom. The summed E-state index contributed by atoms with van der Waals surface area (Å²) in [6.45, 7) is 3.96. The predicted molar refractivity (Wildman–Crippen MR) is 102 cm³/mol. The fourth-order valence-corrected chi connectivity index (χ4v) is 3.26. The standard InChI is InChI=1S/C21H24N2O3/c1-14(17-11-10-16(25-3)12-19(17)26-4)22-23-20(24)18-13-21(18,2)15-8-6-5-7-9-15/h5-12,18H,13H2,1-4H3,(H,23,24)/b22-14-/t18-,21+/m1/s1. The van der Waals surface area contributed by atoms with Gasteiger partial charge in [-0.2, -0.15) is 5.10 Å². The van der Waals surface area contributed by atoms with Crippen LogP contribution in [0.2, 0.25) is 0 Å². The highest BCUT2D eigenvalue weighted by Crippen LogP contribution is 2.53. The third-order valence-corrected chi connectivity index (χ3v) is 5.12. The van der Waals surface area contributed by atoms with E-state index in [1.54, 1.807) is 20.3 Å². The molecular weight excluding hydrogens is 328 g/mol. The van der Waals surface area contributed by atoms with Crippen molar-refractivity contribution in [1.82, 2.24) is 5.43 Å². The highest BCUT2D eigenvalue weighted by atomic mass is 16.5. The lowest BCUT2D eigenvalue weighted by Crippen LogP contribution is -2.24. The minimum Gasteiger partial charge on any atom is -0.497 e. The molecule has 5 nitrogen and oxygen atoms in total. The lowest BCUT2D eigenvalue weighted by atomic mass is 9.95. The zero-order chi connectivity index (χ0) is 18.7. The quantitative estimate of drug-likeness (QED) is 0.639. The number of hydrazone groups is 1. The van der Waals surface area contributed by atoms with Crippen molar-refractivity contribution in [3.63, 3.8) is 0 Å². The molecule has 1 N–H and O–H groups in total. The van der Waals surface area contributed by atoms with Crippen molar-refractivity contribution in [2.75, 3.05) is 14.2 Å². The van der Waals surface area contributed by atoms with E-state index in [9.17, 15) is 4.79 Å². The maximum Gasteiger partial charge on any atom is 0.244 e. The molecule has 0 radical (unpaired) electrons. The van der Waals surface area contributed by atoms with Crippen LogP contribution in [0.25, 0.3) is 0 Å². The summed E-state index contributed by atoms with van der Waals surface area (Å²) >= 11 is 0. The highest BCUT2D eigenvalue weighted by molar-refractivity contribution is 6.02. The molecular formula is C21H24N2O3. The summed E-state index contributed by atoms with van der Waals surface area (Å²) in [6.07, 6.45) is 0.837. The van der Waals surface area contributed by atoms with Gasteiger partial charge in [0, 0.05) is 17.0 Å². The van der Waals surface area contributed by atoms with Gasteiger partial charge in [-0.3, -0.25) is 4.79 Å². The molecule has 0 aromatic heterocycles. The molecule has 5 heteroatoms. The number of methoxy groups -OCH3 is 2. The summed E-state index contributed by atoms with van der Waals surface area (Å²) in [4.78, 5) is 12.5. The summed E-state index contributed by atoms with van der Waals surface area (Å²) in [5.41, 5.74) is 5.29. The molecule has 2 atom stereocenters. The van der Waals surface area contributed by atoms with Crippen LogP contribution in [0.4, 0.5) is 0 Å². The van der Waals surface area contributed by atoms with Crippen LogP contribution in [0.3, 0.4) is 0 Å². The Morgan fingerprint density at radius 3 is 2.54 bits per heavy atom. The Bertz CT molecular complexity index is 832. The molecule has 136 valence electrons. The van der Waals surface area contributed by atoms with Gasteiger partial charge in [-0.25, -0.2) is 5.43 Å². The second-order valence-electron chi connectivity index (χ2n) is 6.78. The zero-order valence-electron chi connectivity index (χ0n) is 15.6. The van der Waals surface area contributed by atoms with Crippen molar-refractivity contribution in [2.24, 2.45) is 11.0 Å². The zero-order valence-corrected chi connectivity index (χ0v) is 15.6. The van der Waals surface area contributed by atoms with Gasteiger partial charge in [0.2, 0.25) is 5.91 Å². The normalized spacial score (nSPS) is 21.8. The topological polar surface area (TPSA) is 59.9 Å². The van der Waals surface area contributed by atoms with Gasteiger partial charge in [-0.15, -0.1) is 0 Å². The van der Waals surface area contributed by atoms with Crippen LogP contribution in [0.15, 0.2) is 53.6 Å². The Kier molecular flexibility index (Phi) is 4.98. The molecule has 2 aromatic rings. The number of ether oxygens (including phenoxy) is 2. The highest BCUT2D eigenvalue weighted by Gasteiger charge is 2.55. The molecule has 3 rings (SSSR count). The smallest absolute Gasteiger partial charge is 0.244 e. The summed E-state index contributed by atoms with van der Waals surface area (Å²) in [5.74, 6) is 1.25. The summed E-state index contributed by atoms with van der Waals surface area (Å²) < 4.78 is 10.6. The monoisotopic (exact) mass is 352 g/mol. The van der Waals surface area contributed by atoms with Gasteiger partial charge in [-0.05, 0) is 31.0 Å². The number of rotatable bonds is 6. The Balaban J connectivity index is 1.70. The van der Waals surface area contributed by atoms with Gasteiger partial charge in [-0.1, -0.05) is 37.3 Å². The maximum atomic E-state index is 12.5. The average molecular weight is 352 g/mol. The van der Waals surface area contributed by atoms with E-state index in [2.05, 4.69) is 29.6 Å². The van der Waals surface area contributed by atoms with E-state index in [0.717, 1.165) is 12.0 Å². The fraction of sp³-hybridized carbons (Fsp3) is 0.333. The van der Waals surface area contributed by atoms with Crippen LogP contribution < -0.4 is 14.9 Å². The van der Waals surface area contributed by atoms with Crippen molar-refractivity contribution in [3.8, 4) is 11.5 Å². The van der Waals surface area contributed by atoms with Crippen LogP contribution in [0.1, 0.15) is 31.4 Å². The molecule has 1 aliphatic carbocycles. The maximum absolute atomic E-state index is 12.5. The van der Waals surface area contributed by atoms with E-state index in [4.69, 9.17) is 9.47 Å². The number of carbonyl (C=O) groups excluding carboxylic acids is 1. The largest absolute Gasteiger partial charge is 0.497 e. The molecule has 26 heavy (non-hydrogen) atoms. The van der Waals surface area contributed by atoms with E-state index in [1.165, 1.54) is 5.56 Å². The van der Waals surface area contributed by atoms with E-state index in [-0.39, 0.29) is 17.2 Å². The molecule has 0 unspecified atom stereocenters. The second kappa shape index (κ2) is 7.20. The Labute approximate surface area is 154 Å². The molecule has 0 aliphatic heterocycles. The summed E-state index contributed by atoms with van der Waals surface area (Å²) in [6, 6.07) is 15.6. The minimum absolute atomic E-state index is 0.0526. The molecule has 1 aliphatic rings. The minimum atomic E-state index is -0.105. The first-order valence-corrected chi connectivity index (χ1v) is 8.61. The van der Waals surface area contributed by atoms with Crippen molar-refractivity contribution >= 4 is 11.6 Å². The second-order valence-corrected chi connectivity index (χ2v) is 6.78.